The number of aromatic nitrogens is 2. The molecule has 0 bridgehead atoms. The Balaban J connectivity index is 1.94. The number of hydrogen-bond donors (Lipinski definition) is 1. The highest BCUT2D eigenvalue weighted by Gasteiger charge is 2.26. The average molecular weight is 395 g/mol. The number of thioether (sulfide) groups is 1. The van der Waals surface area contributed by atoms with Crippen molar-refractivity contribution < 1.29 is 9.15 Å². The van der Waals surface area contributed by atoms with Gasteiger partial charge in [-0.15, -0.1) is 5.10 Å². The molecule has 2 aromatic rings. The molecule has 6 heteroatoms. The van der Waals surface area contributed by atoms with Gasteiger partial charge in [-0.2, -0.15) is 11.8 Å². The molecule has 0 aliphatic heterocycles. The number of ether oxygens (including phenoxy) is 1. The van der Waals surface area contributed by atoms with Crippen molar-refractivity contribution in [1.29, 1.82) is 0 Å². The van der Waals surface area contributed by atoms with E-state index in [-0.39, 0.29) is 10.8 Å². The SMILES string of the molecule is CC(C)(C)c1cccc(OCC(CSCc2n[nH]c(=S)o2)C(C)(C)C)c1. The normalized spacial score (nSPS) is 13.6. The molecule has 144 valence electrons. The third-order valence-electron chi connectivity index (χ3n) is 4.40. The van der Waals surface area contributed by atoms with Crippen molar-refractivity contribution in [3.63, 3.8) is 0 Å². The van der Waals surface area contributed by atoms with Crippen LogP contribution in [0.4, 0.5) is 0 Å². The topological polar surface area (TPSA) is 51.0 Å². The van der Waals surface area contributed by atoms with E-state index in [4.69, 9.17) is 21.4 Å². The van der Waals surface area contributed by atoms with Gasteiger partial charge in [-0.05, 0) is 40.7 Å². The minimum Gasteiger partial charge on any atom is -0.493 e. The predicted octanol–water partition coefficient (Wildman–Crippen LogP) is 6.00. The minimum atomic E-state index is 0.120. The fraction of sp³-hybridized carbons (Fsp3) is 0.600. The van der Waals surface area contributed by atoms with Crippen LogP contribution in [0.1, 0.15) is 53.0 Å². The zero-order valence-electron chi connectivity index (χ0n) is 16.6. The summed E-state index contributed by atoms with van der Waals surface area (Å²) in [5.74, 6) is 3.67. The molecule has 2 rings (SSSR count). The number of rotatable bonds is 7. The van der Waals surface area contributed by atoms with Gasteiger partial charge < -0.3 is 9.15 Å². The molecule has 1 aromatic carbocycles. The maximum Gasteiger partial charge on any atom is 0.284 e. The van der Waals surface area contributed by atoms with Crippen LogP contribution in [0.5, 0.6) is 5.75 Å². The number of H-pyrrole nitrogens is 1. The molecule has 1 atom stereocenters. The fourth-order valence-electron chi connectivity index (χ4n) is 2.41. The minimum absolute atomic E-state index is 0.120. The van der Waals surface area contributed by atoms with E-state index in [1.165, 1.54) is 5.56 Å². The summed E-state index contributed by atoms with van der Waals surface area (Å²) < 4.78 is 11.5. The molecule has 0 amide bonds. The molecule has 0 spiro atoms. The monoisotopic (exact) mass is 394 g/mol. The van der Waals surface area contributed by atoms with Crippen molar-refractivity contribution in [2.75, 3.05) is 12.4 Å². The highest BCUT2D eigenvalue weighted by atomic mass is 32.2. The van der Waals surface area contributed by atoms with Crippen LogP contribution < -0.4 is 4.74 Å². The van der Waals surface area contributed by atoms with E-state index in [1.807, 2.05) is 6.07 Å². The summed E-state index contributed by atoms with van der Waals surface area (Å²) in [6.07, 6.45) is 0. The predicted molar refractivity (Wildman–Crippen MR) is 111 cm³/mol. The van der Waals surface area contributed by atoms with Gasteiger partial charge in [-0.25, -0.2) is 5.10 Å². The van der Waals surface area contributed by atoms with Crippen LogP contribution in [-0.4, -0.2) is 22.6 Å². The van der Waals surface area contributed by atoms with Crippen molar-refractivity contribution in [3.8, 4) is 5.75 Å². The molecule has 4 nitrogen and oxygen atoms in total. The van der Waals surface area contributed by atoms with E-state index in [0.29, 0.717) is 29.0 Å². The summed E-state index contributed by atoms with van der Waals surface area (Å²) in [4.78, 5) is 0.329. The molecule has 0 saturated heterocycles. The molecule has 1 heterocycles. The summed E-state index contributed by atoms with van der Waals surface area (Å²) in [5, 5.41) is 6.71. The van der Waals surface area contributed by atoms with E-state index in [9.17, 15) is 0 Å². The second-order valence-corrected chi connectivity index (χ2v) is 10.1. The average Bonchev–Trinajstić information content (AvgIpc) is 2.94. The van der Waals surface area contributed by atoms with Crippen LogP contribution in [0.15, 0.2) is 28.7 Å². The van der Waals surface area contributed by atoms with E-state index in [2.05, 4.69) is 69.9 Å². The Kier molecular flexibility index (Phi) is 6.97. The lowest BCUT2D eigenvalue weighted by Crippen LogP contribution is -2.29. The number of aromatic amines is 1. The van der Waals surface area contributed by atoms with Crippen LogP contribution in [0, 0.1) is 16.2 Å². The molecule has 0 radical (unpaired) electrons. The molecule has 26 heavy (non-hydrogen) atoms. The summed E-state index contributed by atoms with van der Waals surface area (Å²) in [6.45, 7) is 14.1. The fourth-order valence-corrected chi connectivity index (χ4v) is 3.85. The standard InChI is InChI=1S/C20H30N2O2S2/c1-19(2,3)14-8-7-9-16(10-14)23-11-15(20(4,5)6)12-26-13-17-21-22-18(25)24-17/h7-10,15H,11-13H2,1-6H3,(H,22,25). The third-order valence-corrected chi connectivity index (χ3v) is 5.67. The first kappa shape index (κ1) is 21.0. The van der Waals surface area contributed by atoms with Gasteiger partial charge >= 0.3 is 0 Å². The molecule has 1 aromatic heterocycles. The van der Waals surface area contributed by atoms with Gasteiger partial charge in [-0.3, -0.25) is 0 Å². The van der Waals surface area contributed by atoms with Crippen LogP contribution in [-0.2, 0) is 11.2 Å². The summed E-state index contributed by atoms with van der Waals surface area (Å²) in [7, 11) is 0. The maximum atomic E-state index is 6.16. The van der Waals surface area contributed by atoms with Crippen molar-refractivity contribution in [3.05, 3.63) is 40.6 Å². The van der Waals surface area contributed by atoms with E-state index in [0.717, 1.165) is 11.5 Å². The Labute approximate surface area is 166 Å². The zero-order chi connectivity index (χ0) is 19.4. The highest BCUT2D eigenvalue weighted by Crippen LogP contribution is 2.31. The van der Waals surface area contributed by atoms with Gasteiger partial charge in [0.25, 0.3) is 4.84 Å². The lowest BCUT2D eigenvalue weighted by atomic mass is 9.82. The van der Waals surface area contributed by atoms with Gasteiger partial charge in [0, 0.05) is 11.7 Å². The van der Waals surface area contributed by atoms with Gasteiger partial charge in [-0.1, -0.05) is 53.7 Å². The van der Waals surface area contributed by atoms with Gasteiger partial charge in [0.05, 0.1) is 12.4 Å². The van der Waals surface area contributed by atoms with Crippen LogP contribution in [0.25, 0.3) is 0 Å². The molecule has 0 aliphatic carbocycles. The van der Waals surface area contributed by atoms with Crippen molar-refractivity contribution >= 4 is 24.0 Å². The second-order valence-electron chi connectivity index (χ2n) is 8.67. The smallest absolute Gasteiger partial charge is 0.284 e. The number of nitrogens with zero attached hydrogens (tertiary/aromatic N) is 1. The molecule has 0 fully saturated rings. The maximum absolute atomic E-state index is 6.16. The molecule has 0 aliphatic rings. The third kappa shape index (κ3) is 6.47. The summed E-state index contributed by atoms with van der Waals surface area (Å²) in [6, 6.07) is 8.42. The van der Waals surface area contributed by atoms with Crippen molar-refractivity contribution in [1.82, 2.24) is 10.2 Å². The quantitative estimate of drug-likeness (QED) is 0.583. The van der Waals surface area contributed by atoms with Crippen LogP contribution >= 0.6 is 24.0 Å². The summed E-state index contributed by atoms with van der Waals surface area (Å²) >= 11 is 6.71. The largest absolute Gasteiger partial charge is 0.493 e. The number of hydrogen-bond acceptors (Lipinski definition) is 5. The van der Waals surface area contributed by atoms with Gasteiger partial charge in [0.15, 0.2) is 0 Å². The van der Waals surface area contributed by atoms with Crippen LogP contribution in [0.3, 0.4) is 0 Å². The lowest BCUT2D eigenvalue weighted by molar-refractivity contribution is 0.165. The molecule has 1 N–H and O–H groups in total. The first-order chi connectivity index (χ1) is 12.1. The Morgan fingerprint density at radius 2 is 1.96 bits per heavy atom. The van der Waals surface area contributed by atoms with Crippen molar-refractivity contribution in [2.24, 2.45) is 11.3 Å². The van der Waals surface area contributed by atoms with Gasteiger partial charge in [0.1, 0.15) is 5.75 Å². The number of benzene rings is 1. The molecular formula is C20H30N2O2S2. The molecular weight excluding hydrogens is 364 g/mol. The Morgan fingerprint density at radius 3 is 2.54 bits per heavy atom. The van der Waals surface area contributed by atoms with Gasteiger partial charge in [0.2, 0.25) is 5.89 Å². The van der Waals surface area contributed by atoms with E-state index < -0.39 is 0 Å². The zero-order valence-corrected chi connectivity index (χ0v) is 18.2. The molecule has 0 saturated carbocycles. The first-order valence-electron chi connectivity index (χ1n) is 8.91. The second kappa shape index (κ2) is 8.61. The van der Waals surface area contributed by atoms with E-state index >= 15 is 0 Å². The Morgan fingerprint density at radius 1 is 1.23 bits per heavy atom. The highest BCUT2D eigenvalue weighted by molar-refractivity contribution is 7.98. The Hall–Kier alpha value is -1.27. The number of nitrogens with one attached hydrogen (secondary N) is 1. The summed E-state index contributed by atoms with van der Waals surface area (Å²) in [5.41, 5.74) is 1.56. The van der Waals surface area contributed by atoms with E-state index in [1.54, 1.807) is 11.8 Å². The molecule has 1 unspecified atom stereocenters. The lowest BCUT2D eigenvalue weighted by Gasteiger charge is -2.30. The first-order valence-corrected chi connectivity index (χ1v) is 10.5. The van der Waals surface area contributed by atoms with Crippen molar-refractivity contribution in [2.45, 2.75) is 52.7 Å². The Bertz CT molecular complexity index is 754. The van der Waals surface area contributed by atoms with Crippen LogP contribution in [0.2, 0.25) is 0 Å².